The molecule has 0 aliphatic heterocycles. The summed E-state index contributed by atoms with van der Waals surface area (Å²) in [7, 11) is 6.37. The monoisotopic (exact) mass is 1130 g/mol. The van der Waals surface area contributed by atoms with E-state index in [4.69, 9.17) is 0 Å². The molecule has 0 fully saturated rings. The summed E-state index contributed by atoms with van der Waals surface area (Å²) in [5.74, 6) is 0. The van der Waals surface area contributed by atoms with Crippen LogP contribution in [0.2, 0.25) is 0 Å². The number of hydrogen-bond acceptors (Lipinski definition) is 3. The molecule has 3 nitrogen and oxygen atoms in total. The molecule has 0 heterocycles. The zero-order chi connectivity index (χ0) is 59.9. The molecule has 0 spiro atoms. The minimum Gasteiger partial charge on any atom is -0.345 e. The minimum absolute atomic E-state index is 1.16. The van der Waals surface area contributed by atoms with Crippen molar-refractivity contribution in [3.63, 3.8) is 0 Å². The maximum Gasteiger partial charge on any atom is 0.0487 e. The molecule has 424 valence electrons. The van der Waals surface area contributed by atoms with Crippen LogP contribution < -0.4 is 14.7 Å². The standard InChI is InChI=1S/2C31H25N.C23H19N/c1-32(30-19-17-27(18-20-30)24-11-5-2-6-12-24)31-22-28(25-13-7-3-8-14-25)21-29(23-31)26-15-9-4-10-16-26;1-32(30-20-16-28(17-21-30)25-10-6-3-7-11-25)31-22-18-29(19-23-31)27-14-12-26(13-15-27)24-8-4-2-5-9-24;1-24(23-13-7-11-20-10-5-6-12-22(20)23)21-16-14-19(15-17-21)18-8-3-2-4-9-18/h2*2-23H,1H3;2-17H,1H3. The highest BCUT2D eigenvalue weighted by Gasteiger charge is 2.13. The molecule has 0 unspecified atom stereocenters. The fraction of sp³-hybridized carbons (Fsp3) is 0.0353. The summed E-state index contributed by atoms with van der Waals surface area (Å²) in [6.07, 6.45) is 0. The first-order valence-corrected chi connectivity index (χ1v) is 30.1. The van der Waals surface area contributed by atoms with Crippen molar-refractivity contribution in [2.24, 2.45) is 0 Å². The van der Waals surface area contributed by atoms with Crippen molar-refractivity contribution in [2.75, 3.05) is 35.8 Å². The fourth-order valence-corrected chi connectivity index (χ4v) is 11.2. The Morgan fingerprint density at radius 1 is 0.159 bits per heavy atom. The summed E-state index contributed by atoms with van der Waals surface area (Å²) in [4.78, 5) is 6.72. The first-order chi connectivity index (χ1) is 43.4. The van der Waals surface area contributed by atoms with E-state index in [1.165, 1.54) is 111 Å². The summed E-state index contributed by atoms with van der Waals surface area (Å²) in [5.41, 5.74) is 24.3. The van der Waals surface area contributed by atoms with Gasteiger partial charge in [-0.1, -0.05) is 291 Å². The molecule has 0 aliphatic carbocycles. The lowest BCUT2D eigenvalue weighted by Gasteiger charge is -2.22. The molecule has 3 heteroatoms. The summed E-state index contributed by atoms with van der Waals surface area (Å²) < 4.78 is 0. The Balaban J connectivity index is 0.000000130. The molecule has 88 heavy (non-hydrogen) atoms. The number of rotatable bonds is 13. The van der Waals surface area contributed by atoms with Gasteiger partial charge in [-0.15, -0.1) is 0 Å². The van der Waals surface area contributed by atoms with Crippen LogP contribution in [0.25, 0.3) is 88.7 Å². The van der Waals surface area contributed by atoms with Crippen LogP contribution in [-0.4, -0.2) is 21.1 Å². The number of hydrogen-bond donors (Lipinski definition) is 0. The lowest BCUT2D eigenvalue weighted by Crippen LogP contribution is -2.09. The molecule has 0 aliphatic rings. The first kappa shape index (κ1) is 57.2. The largest absolute Gasteiger partial charge is 0.345 e. The summed E-state index contributed by atoms with van der Waals surface area (Å²) in [6, 6.07) is 129. The van der Waals surface area contributed by atoms with Crippen LogP contribution in [0.15, 0.2) is 364 Å². The van der Waals surface area contributed by atoms with E-state index in [1.54, 1.807) is 0 Å². The van der Waals surface area contributed by atoms with Gasteiger partial charge in [0.25, 0.3) is 0 Å². The maximum absolute atomic E-state index is 2.28. The molecular weight excluding hydrogens is 1060 g/mol. The quantitative estimate of drug-likeness (QED) is 0.114. The van der Waals surface area contributed by atoms with E-state index < -0.39 is 0 Å². The lowest BCUT2D eigenvalue weighted by molar-refractivity contribution is 1.21. The van der Waals surface area contributed by atoms with Gasteiger partial charge < -0.3 is 14.7 Å². The molecule has 0 N–H and O–H groups in total. The molecule has 0 saturated heterocycles. The molecule has 0 bridgehead atoms. The van der Waals surface area contributed by atoms with Gasteiger partial charge in [-0.2, -0.15) is 0 Å². The van der Waals surface area contributed by atoms with Gasteiger partial charge in [0.05, 0.1) is 0 Å². The van der Waals surface area contributed by atoms with Crippen LogP contribution in [0.1, 0.15) is 0 Å². The van der Waals surface area contributed by atoms with Gasteiger partial charge in [0.1, 0.15) is 0 Å². The third kappa shape index (κ3) is 13.8. The zero-order valence-electron chi connectivity index (χ0n) is 50.0. The highest BCUT2D eigenvalue weighted by atomic mass is 15.1. The number of nitrogens with zero attached hydrogens (tertiary/aromatic N) is 3. The molecule has 14 rings (SSSR count). The van der Waals surface area contributed by atoms with Crippen LogP contribution in [0.4, 0.5) is 34.1 Å². The van der Waals surface area contributed by atoms with Crippen LogP contribution in [0.5, 0.6) is 0 Å². The number of benzene rings is 14. The number of fused-ring (bicyclic) bond motifs is 1. The van der Waals surface area contributed by atoms with Gasteiger partial charge in [0.2, 0.25) is 0 Å². The van der Waals surface area contributed by atoms with Crippen molar-refractivity contribution in [1.29, 1.82) is 0 Å². The van der Waals surface area contributed by atoms with Crippen molar-refractivity contribution in [2.45, 2.75) is 0 Å². The predicted molar refractivity (Wildman–Crippen MR) is 378 cm³/mol. The maximum atomic E-state index is 2.28. The van der Waals surface area contributed by atoms with Crippen LogP contribution in [-0.2, 0) is 0 Å². The second-order valence-corrected chi connectivity index (χ2v) is 21.9. The summed E-state index contributed by atoms with van der Waals surface area (Å²) >= 11 is 0. The van der Waals surface area contributed by atoms with Crippen molar-refractivity contribution in [1.82, 2.24) is 0 Å². The van der Waals surface area contributed by atoms with Crippen LogP contribution in [0.3, 0.4) is 0 Å². The van der Waals surface area contributed by atoms with Crippen LogP contribution >= 0.6 is 0 Å². The lowest BCUT2D eigenvalue weighted by atomic mass is 9.97. The van der Waals surface area contributed by atoms with Gasteiger partial charge in [-0.25, -0.2) is 0 Å². The van der Waals surface area contributed by atoms with E-state index in [2.05, 4.69) is 382 Å². The van der Waals surface area contributed by atoms with Crippen molar-refractivity contribution >= 4 is 44.9 Å². The average Bonchev–Trinajstić information content (AvgIpc) is 3.82. The van der Waals surface area contributed by atoms with Gasteiger partial charge in [0.15, 0.2) is 0 Å². The minimum atomic E-state index is 1.16. The molecule has 0 amide bonds. The summed E-state index contributed by atoms with van der Waals surface area (Å²) in [5, 5.41) is 2.54. The second-order valence-electron chi connectivity index (χ2n) is 21.9. The van der Waals surface area contributed by atoms with E-state index in [0.29, 0.717) is 0 Å². The van der Waals surface area contributed by atoms with E-state index in [0.717, 1.165) is 11.4 Å². The van der Waals surface area contributed by atoms with Gasteiger partial charge in [-0.3, -0.25) is 0 Å². The van der Waals surface area contributed by atoms with E-state index in [1.807, 2.05) is 18.2 Å². The molecule has 0 atom stereocenters. The van der Waals surface area contributed by atoms with E-state index in [9.17, 15) is 0 Å². The smallest absolute Gasteiger partial charge is 0.0487 e. The Morgan fingerprint density at radius 3 is 0.705 bits per heavy atom. The second kappa shape index (κ2) is 27.6. The third-order valence-corrected chi connectivity index (χ3v) is 16.3. The van der Waals surface area contributed by atoms with E-state index in [-0.39, 0.29) is 0 Å². The predicted octanol–water partition coefficient (Wildman–Crippen LogP) is 23.2. The molecule has 0 aromatic heterocycles. The van der Waals surface area contributed by atoms with Gasteiger partial charge in [-0.05, 0) is 156 Å². The van der Waals surface area contributed by atoms with Crippen molar-refractivity contribution in [3.05, 3.63) is 364 Å². The Morgan fingerprint density at radius 2 is 0.386 bits per heavy atom. The third-order valence-electron chi connectivity index (χ3n) is 16.3. The normalized spacial score (nSPS) is 10.7. The highest BCUT2D eigenvalue weighted by Crippen LogP contribution is 2.37. The van der Waals surface area contributed by atoms with E-state index >= 15 is 0 Å². The zero-order valence-corrected chi connectivity index (χ0v) is 50.0. The Kier molecular flexibility index (Phi) is 18.0. The highest BCUT2D eigenvalue weighted by molar-refractivity contribution is 5.96. The van der Waals surface area contributed by atoms with Gasteiger partial charge in [0, 0.05) is 60.7 Å². The van der Waals surface area contributed by atoms with Crippen molar-refractivity contribution < 1.29 is 0 Å². The molecular formula is C85H69N3. The molecule has 0 saturated carbocycles. The van der Waals surface area contributed by atoms with Crippen LogP contribution in [0, 0.1) is 0 Å². The topological polar surface area (TPSA) is 9.72 Å². The summed E-state index contributed by atoms with van der Waals surface area (Å²) in [6.45, 7) is 0. The average molecular weight is 1130 g/mol. The molecule has 0 radical (unpaired) electrons. The molecule has 14 aromatic rings. The fourth-order valence-electron chi connectivity index (χ4n) is 11.2. The molecule has 14 aromatic carbocycles. The van der Waals surface area contributed by atoms with Crippen molar-refractivity contribution in [3.8, 4) is 77.9 Å². The Labute approximate surface area is 519 Å². The number of anilines is 6. The Hall–Kier alpha value is -11.3. The van der Waals surface area contributed by atoms with Gasteiger partial charge >= 0.3 is 0 Å². The SMILES string of the molecule is CN(c1ccc(-c2ccccc2)cc1)c1cc(-c2ccccc2)cc(-c2ccccc2)c1.CN(c1ccc(-c2ccccc2)cc1)c1ccc(-c2ccc(-c3ccccc3)cc2)cc1.CN(c1ccc(-c2ccccc2)cc1)c1cccc2ccccc12. The Bertz CT molecular complexity index is 4380. The first-order valence-electron chi connectivity index (χ1n) is 30.1.